The molecule has 0 atom stereocenters. The number of nitrogens with zero attached hydrogens (tertiary/aromatic N) is 3. The smallest absolute Gasteiger partial charge is 0.107 e. The van der Waals surface area contributed by atoms with Crippen molar-refractivity contribution < 1.29 is 0 Å². The van der Waals surface area contributed by atoms with Crippen molar-refractivity contribution >= 4 is 5.69 Å². The summed E-state index contributed by atoms with van der Waals surface area (Å²) in [5, 5.41) is 3.23. The third kappa shape index (κ3) is 2.28. The number of hydrogen-bond acceptors (Lipinski definition) is 4. The fourth-order valence-electron chi connectivity index (χ4n) is 1.32. The Bertz CT molecular complexity index is 428. The predicted octanol–water partition coefficient (Wildman–Crippen LogP) is 1.97. The second-order valence-corrected chi connectivity index (χ2v) is 3.05. The molecule has 0 fully saturated rings. The molecule has 0 aliphatic carbocycles. The van der Waals surface area contributed by atoms with Crippen molar-refractivity contribution in [2.45, 2.75) is 6.92 Å². The van der Waals surface area contributed by atoms with E-state index < -0.39 is 0 Å². The van der Waals surface area contributed by atoms with E-state index in [4.69, 9.17) is 0 Å². The van der Waals surface area contributed by atoms with Gasteiger partial charge in [0.05, 0.1) is 11.9 Å². The van der Waals surface area contributed by atoms with Crippen LogP contribution in [0.2, 0.25) is 0 Å². The Morgan fingerprint density at radius 3 is 2.73 bits per heavy atom. The van der Waals surface area contributed by atoms with Gasteiger partial charge < -0.3 is 5.32 Å². The summed E-state index contributed by atoms with van der Waals surface area (Å²) >= 11 is 0. The van der Waals surface area contributed by atoms with Gasteiger partial charge in [0.2, 0.25) is 0 Å². The molecule has 76 valence electrons. The SMILES string of the molecule is CCNc1ccnc(-c2cnccn2)c1. The lowest BCUT2D eigenvalue weighted by atomic mass is 10.2. The molecule has 0 bridgehead atoms. The molecule has 0 saturated heterocycles. The van der Waals surface area contributed by atoms with Gasteiger partial charge in [0.15, 0.2) is 0 Å². The lowest BCUT2D eigenvalue weighted by molar-refractivity contribution is 1.16. The Labute approximate surface area is 88.4 Å². The van der Waals surface area contributed by atoms with Gasteiger partial charge in [-0.2, -0.15) is 0 Å². The van der Waals surface area contributed by atoms with Crippen molar-refractivity contribution in [2.75, 3.05) is 11.9 Å². The minimum absolute atomic E-state index is 0.789. The van der Waals surface area contributed by atoms with Crippen LogP contribution in [0.5, 0.6) is 0 Å². The topological polar surface area (TPSA) is 50.7 Å². The van der Waals surface area contributed by atoms with Crippen LogP contribution in [0.1, 0.15) is 6.92 Å². The quantitative estimate of drug-likeness (QED) is 0.823. The molecule has 0 unspecified atom stereocenters. The first kappa shape index (κ1) is 9.58. The molecular weight excluding hydrogens is 188 g/mol. The summed E-state index contributed by atoms with van der Waals surface area (Å²) in [5.41, 5.74) is 2.67. The molecule has 2 heterocycles. The third-order valence-electron chi connectivity index (χ3n) is 1.97. The highest BCUT2D eigenvalue weighted by Gasteiger charge is 2.00. The van der Waals surface area contributed by atoms with E-state index in [1.54, 1.807) is 24.8 Å². The van der Waals surface area contributed by atoms with E-state index in [1.165, 1.54) is 0 Å². The monoisotopic (exact) mass is 200 g/mol. The number of rotatable bonds is 3. The number of aromatic nitrogens is 3. The molecular formula is C11H12N4. The molecule has 0 aliphatic rings. The van der Waals surface area contributed by atoms with Crippen molar-refractivity contribution in [3.05, 3.63) is 36.9 Å². The van der Waals surface area contributed by atoms with E-state index >= 15 is 0 Å². The highest BCUT2D eigenvalue weighted by Crippen LogP contribution is 2.16. The molecule has 0 saturated carbocycles. The predicted molar refractivity (Wildman–Crippen MR) is 59.4 cm³/mol. The van der Waals surface area contributed by atoms with Crippen molar-refractivity contribution in [3.63, 3.8) is 0 Å². The highest BCUT2D eigenvalue weighted by atomic mass is 14.9. The summed E-state index contributed by atoms with van der Waals surface area (Å²) in [6.45, 7) is 2.95. The number of anilines is 1. The maximum absolute atomic E-state index is 4.25. The van der Waals surface area contributed by atoms with Crippen LogP contribution in [-0.4, -0.2) is 21.5 Å². The van der Waals surface area contributed by atoms with Crippen LogP contribution >= 0.6 is 0 Å². The molecule has 0 aliphatic heterocycles. The zero-order valence-electron chi connectivity index (χ0n) is 8.51. The van der Waals surface area contributed by atoms with Gasteiger partial charge >= 0.3 is 0 Å². The Morgan fingerprint density at radius 2 is 2.00 bits per heavy atom. The fraction of sp³-hybridized carbons (Fsp3) is 0.182. The van der Waals surface area contributed by atoms with Crippen LogP contribution in [0.4, 0.5) is 5.69 Å². The van der Waals surface area contributed by atoms with Gasteiger partial charge in [0, 0.05) is 30.8 Å². The first-order valence-electron chi connectivity index (χ1n) is 4.86. The second-order valence-electron chi connectivity index (χ2n) is 3.05. The van der Waals surface area contributed by atoms with Crippen LogP contribution in [0.15, 0.2) is 36.9 Å². The lowest BCUT2D eigenvalue weighted by Crippen LogP contribution is -1.97. The maximum Gasteiger partial charge on any atom is 0.107 e. The van der Waals surface area contributed by atoms with Crippen LogP contribution in [0, 0.1) is 0 Å². The first-order valence-corrected chi connectivity index (χ1v) is 4.86. The molecule has 2 rings (SSSR count). The van der Waals surface area contributed by atoms with Crippen molar-refractivity contribution in [3.8, 4) is 11.4 Å². The van der Waals surface area contributed by atoms with E-state index in [2.05, 4.69) is 27.2 Å². The van der Waals surface area contributed by atoms with E-state index in [9.17, 15) is 0 Å². The zero-order chi connectivity index (χ0) is 10.5. The fourth-order valence-corrected chi connectivity index (χ4v) is 1.32. The summed E-state index contributed by atoms with van der Waals surface area (Å²) in [6.07, 6.45) is 6.79. The standard InChI is InChI=1S/C11H12N4/c1-2-13-9-3-4-14-10(7-9)11-8-12-5-6-15-11/h3-8H,2H2,1H3,(H,13,14). The Balaban J connectivity index is 2.33. The van der Waals surface area contributed by atoms with E-state index in [-0.39, 0.29) is 0 Å². The van der Waals surface area contributed by atoms with Crippen LogP contribution in [0.3, 0.4) is 0 Å². The van der Waals surface area contributed by atoms with Gasteiger partial charge in [-0.3, -0.25) is 15.0 Å². The van der Waals surface area contributed by atoms with E-state index in [1.807, 2.05) is 12.1 Å². The summed E-state index contributed by atoms with van der Waals surface area (Å²) in [6, 6.07) is 3.90. The average Bonchev–Trinajstić information content (AvgIpc) is 2.31. The lowest BCUT2D eigenvalue weighted by Gasteiger charge is -2.04. The molecule has 0 amide bonds. The minimum atomic E-state index is 0.789. The van der Waals surface area contributed by atoms with Crippen molar-refractivity contribution in [2.24, 2.45) is 0 Å². The highest BCUT2D eigenvalue weighted by molar-refractivity contribution is 5.59. The summed E-state index contributed by atoms with van der Waals surface area (Å²) in [7, 11) is 0. The molecule has 0 spiro atoms. The average molecular weight is 200 g/mol. The molecule has 4 nitrogen and oxygen atoms in total. The molecule has 15 heavy (non-hydrogen) atoms. The van der Waals surface area contributed by atoms with Gasteiger partial charge in [0.1, 0.15) is 5.69 Å². The normalized spacial score (nSPS) is 9.93. The van der Waals surface area contributed by atoms with Crippen LogP contribution < -0.4 is 5.32 Å². The van der Waals surface area contributed by atoms with Gasteiger partial charge in [-0.05, 0) is 19.1 Å². The molecule has 4 heteroatoms. The van der Waals surface area contributed by atoms with Gasteiger partial charge in [0.25, 0.3) is 0 Å². The summed E-state index contributed by atoms with van der Waals surface area (Å²) in [4.78, 5) is 12.5. The third-order valence-corrected chi connectivity index (χ3v) is 1.97. The molecule has 0 radical (unpaired) electrons. The summed E-state index contributed by atoms with van der Waals surface area (Å²) in [5.74, 6) is 0. The van der Waals surface area contributed by atoms with E-state index in [0.29, 0.717) is 0 Å². The van der Waals surface area contributed by atoms with Gasteiger partial charge in [-0.1, -0.05) is 0 Å². The van der Waals surface area contributed by atoms with Gasteiger partial charge in [-0.15, -0.1) is 0 Å². The van der Waals surface area contributed by atoms with Crippen molar-refractivity contribution in [1.29, 1.82) is 0 Å². The zero-order valence-corrected chi connectivity index (χ0v) is 8.51. The van der Waals surface area contributed by atoms with Crippen LogP contribution in [-0.2, 0) is 0 Å². The van der Waals surface area contributed by atoms with Crippen molar-refractivity contribution in [1.82, 2.24) is 15.0 Å². The maximum atomic E-state index is 4.25. The number of nitrogens with one attached hydrogen (secondary N) is 1. The molecule has 2 aromatic rings. The Kier molecular flexibility index (Phi) is 2.88. The summed E-state index contributed by atoms with van der Waals surface area (Å²) < 4.78 is 0. The number of pyridine rings is 1. The molecule has 0 aromatic carbocycles. The minimum Gasteiger partial charge on any atom is -0.385 e. The van der Waals surface area contributed by atoms with E-state index in [0.717, 1.165) is 23.6 Å². The Hall–Kier alpha value is -1.97. The first-order chi connectivity index (χ1) is 7.40. The van der Waals surface area contributed by atoms with Crippen LogP contribution in [0.25, 0.3) is 11.4 Å². The Morgan fingerprint density at radius 1 is 1.13 bits per heavy atom. The second kappa shape index (κ2) is 4.50. The molecule has 1 N–H and O–H groups in total. The largest absolute Gasteiger partial charge is 0.385 e. The van der Waals surface area contributed by atoms with Gasteiger partial charge in [-0.25, -0.2) is 0 Å². The number of hydrogen-bond donors (Lipinski definition) is 1. The molecule has 2 aromatic heterocycles.